The molecule has 2 aliphatic heterocycles. The summed E-state index contributed by atoms with van der Waals surface area (Å²) in [5.74, 6) is -0.810. The van der Waals surface area contributed by atoms with E-state index in [1.807, 2.05) is 18.2 Å². The Morgan fingerprint density at radius 1 is 1.00 bits per heavy atom. The van der Waals surface area contributed by atoms with Gasteiger partial charge in [0.25, 0.3) is 0 Å². The third-order valence-electron chi connectivity index (χ3n) is 6.74. The third-order valence-corrected chi connectivity index (χ3v) is 7.07. The summed E-state index contributed by atoms with van der Waals surface area (Å²) in [7, 11) is 1.52. The maximum atomic E-state index is 13.6. The number of nitrogens with zero attached hydrogens (tertiary/aromatic N) is 3. The second kappa shape index (κ2) is 10.7. The van der Waals surface area contributed by atoms with Gasteiger partial charge in [0, 0.05) is 57.7 Å². The second-order valence-electron chi connectivity index (χ2n) is 8.90. The summed E-state index contributed by atoms with van der Waals surface area (Å²) < 4.78 is 5.07. The van der Waals surface area contributed by atoms with Gasteiger partial charge in [0.2, 0.25) is 17.7 Å². The molecule has 0 saturated carbocycles. The molecule has 0 spiro atoms. The van der Waals surface area contributed by atoms with Gasteiger partial charge in [0.05, 0.1) is 18.6 Å². The van der Waals surface area contributed by atoms with Gasteiger partial charge in [-0.05, 0) is 17.2 Å². The van der Waals surface area contributed by atoms with E-state index >= 15 is 0 Å². The van der Waals surface area contributed by atoms with Gasteiger partial charge in [-0.2, -0.15) is 0 Å². The number of piperazine rings is 1. The summed E-state index contributed by atoms with van der Waals surface area (Å²) in [5, 5.41) is 0.387. The first-order valence-electron chi connectivity index (χ1n) is 11.6. The van der Waals surface area contributed by atoms with Crippen LogP contribution in [0.2, 0.25) is 5.02 Å². The molecule has 3 amide bonds. The fourth-order valence-electron chi connectivity index (χ4n) is 4.87. The molecular formula is C26H30ClN3O4. The summed E-state index contributed by atoms with van der Waals surface area (Å²) >= 11 is 6.49. The summed E-state index contributed by atoms with van der Waals surface area (Å²) in [4.78, 5) is 45.2. The molecule has 34 heavy (non-hydrogen) atoms. The van der Waals surface area contributed by atoms with Crippen LogP contribution in [-0.4, -0.2) is 78.9 Å². The van der Waals surface area contributed by atoms with E-state index in [9.17, 15) is 14.4 Å². The van der Waals surface area contributed by atoms with Crippen molar-refractivity contribution in [3.63, 3.8) is 0 Å². The van der Waals surface area contributed by atoms with Crippen molar-refractivity contribution in [3.05, 3.63) is 70.7 Å². The Kier molecular flexibility index (Phi) is 7.66. The van der Waals surface area contributed by atoms with E-state index in [0.717, 1.165) is 19.6 Å². The van der Waals surface area contributed by atoms with Gasteiger partial charge in [-0.15, -0.1) is 0 Å². The smallest absolute Gasteiger partial charge is 0.241 e. The Morgan fingerprint density at radius 3 is 2.35 bits per heavy atom. The number of hydrogen-bond acceptors (Lipinski definition) is 5. The first-order chi connectivity index (χ1) is 16.4. The van der Waals surface area contributed by atoms with Crippen LogP contribution in [-0.2, 0) is 31.1 Å². The van der Waals surface area contributed by atoms with Crippen molar-refractivity contribution in [2.24, 2.45) is 0 Å². The molecular weight excluding hydrogens is 454 g/mol. The molecule has 0 bridgehead atoms. The van der Waals surface area contributed by atoms with Crippen LogP contribution < -0.4 is 0 Å². The quantitative estimate of drug-likeness (QED) is 0.540. The van der Waals surface area contributed by atoms with Crippen molar-refractivity contribution >= 4 is 29.3 Å². The number of imide groups is 1. The third kappa shape index (κ3) is 5.02. The SMILES string of the molecule is COCCN1C(=O)C[C@@](CC(=O)N2CCN(Cc3ccccc3)CC2)(c2ccccc2Cl)C1=O. The maximum Gasteiger partial charge on any atom is 0.241 e. The molecule has 8 heteroatoms. The van der Waals surface area contributed by atoms with Crippen molar-refractivity contribution in [2.75, 3.05) is 46.4 Å². The number of benzene rings is 2. The number of ether oxygens (including phenoxy) is 1. The lowest BCUT2D eigenvalue weighted by atomic mass is 9.75. The normalized spacial score (nSPS) is 21.4. The molecule has 0 radical (unpaired) electrons. The predicted octanol–water partition coefficient (Wildman–Crippen LogP) is 2.72. The van der Waals surface area contributed by atoms with Crippen molar-refractivity contribution in [1.29, 1.82) is 0 Å². The zero-order valence-electron chi connectivity index (χ0n) is 19.4. The molecule has 7 nitrogen and oxygen atoms in total. The van der Waals surface area contributed by atoms with E-state index in [-0.39, 0.29) is 43.7 Å². The van der Waals surface area contributed by atoms with Crippen molar-refractivity contribution < 1.29 is 19.1 Å². The number of carbonyl (C=O) groups excluding carboxylic acids is 3. The Hall–Kier alpha value is -2.74. The van der Waals surface area contributed by atoms with Gasteiger partial charge >= 0.3 is 0 Å². The largest absolute Gasteiger partial charge is 0.383 e. The Bertz CT molecular complexity index is 1040. The van der Waals surface area contributed by atoms with Crippen LogP contribution in [0.1, 0.15) is 24.0 Å². The van der Waals surface area contributed by atoms with Crippen LogP contribution in [0.25, 0.3) is 0 Å². The number of likely N-dealkylation sites (tertiary alicyclic amines) is 1. The number of amides is 3. The molecule has 2 heterocycles. The lowest BCUT2D eigenvalue weighted by molar-refractivity contribution is -0.143. The molecule has 2 saturated heterocycles. The number of methoxy groups -OCH3 is 1. The number of carbonyl (C=O) groups is 3. The highest BCUT2D eigenvalue weighted by molar-refractivity contribution is 6.32. The average molecular weight is 484 g/mol. The second-order valence-corrected chi connectivity index (χ2v) is 9.31. The van der Waals surface area contributed by atoms with Crippen LogP contribution >= 0.6 is 11.6 Å². The van der Waals surface area contributed by atoms with Crippen LogP contribution in [0, 0.1) is 0 Å². The monoisotopic (exact) mass is 483 g/mol. The van der Waals surface area contributed by atoms with E-state index < -0.39 is 5.41 Å². The maximum absolute atomic E-state index is 13.6. The molecule has 4 rings (SSSR count). The summed E-state index contributed by atoms with van der Waals surface area (Å²) in [6.45, 7) is 3.92. The highest BCUT2D eigenvalue weighted by atomic mass is 35.5. The summed E-state index contributed by atoms with van der Waals surface area (Å²) in [6, 6.07) is 17.3. The minimum Gasteiger partial charge on any atom is -0.383 e. The fraction of sp³-hybridized carbons (Fsp3) is 0.423. The molecule has 0 N–H and O–H groups in total. The molecule has 1 atom stereocenters. The van der Waals surface area contributed by atoms with E-state index in [1.54, 1.807) is 29.2 Å². The van der Waals surface area contributed by atoms with E-state index in [0.29, 0.717) is 23.7 Å². The lowest BCUT2D eigenvalue weighted by Crippen LogP contribution is -2.50. The van der Waals surface area contributed by atoms with E-state index in [2.05, 4.69) is 17.0 Å². The van der Waals surface area contributed by atoms with Crippen molar-refractivity contribution in [1.82, 2.24) is 14.7 Å². The first kappa shape index (κ1) is 24.4. The number of rotatable bonds is 8. The zero-order chi connectivity index (χ0) is 24.1. The molecule has 0 unspecified atom stereocenters. The minimum atomic E-state index is -1.29. The fourth-order valence-corrected chi connectivity index (χ4v) is 5.19. The first-order valence-corrected chi connectivity index (χ1v) is 12.0. The van der Waals surface area contributed by atoms with Crippen LogP contribution in [0.15, 0.2) is 54.6 Å². The minimum absolute atomic E-state index is 0.0704. The van der Waals surface area contributed by atoms with E-state index in [1.165, 1.54) is 17.6 Å². The van der Waals surface area contributed by atoms with Crippen LogP contribution in [0.3, 0.4) is 0 Å². The van der Waals surface area contributed by atoms with Gasteiger partial charge in [0.15, 0.2) is 0 Å². The number of halogens is 1. The van der Waals surface area contributed by atoms with Gasteiger partial charge < -0.3 is 9.64 Å². The molecule has 2 aliphatic rings. The van der Waals surface area contributed by atoms with Gasteiger partial charge in [-0.1, -0.05) is 60.1 Å². The topological polar surface area (TPSA) is 70.2 Å². The molecule has 0 aliphatic carbocycles. The standard InChI is InChI=1S/C26H30ClN3O4/c1-34-16-15-30-24(32)18-26(25(30)33,21-9-5-6-10-22(21)27)17-23(31)29-13-11-28(12-14-29)19-20-7-3-2-4-8-20/h2-10H,11-19H2,1H3/t26-/m0/s1. The van der Waals surface area contributed by atoms with Gasteiger partial charge in [-0.25, -0.2) is 0 Å². The van der Waals surface area contributed by atoms with Gasteiger partial charge in [0.1, 0.15) is 0 Å². The number of hydrogen-bond donors (Lipinski definition) is 0. The summed E-state index contributed by atoms with van der Waals surface area (Å²) in [5.41, 5.74) is 0.485. The average Bonchev–Trinajstić information content (AvgIpc) is 3.08. The highest BCUT2D eigenvalue weighted by Gasteiger charge is 2.54. The van der Waals surface area contributed by atoms with E-state index in [4.69, 9.17) is 16.3 Å². The van der Waals surface area contributed by atoms with Crippen molar-refractivity contribution in [3.8, 4) is 0 Å². The molecule has 180 valence electrons. The van der Waals surface area contributed by atoms with Gasteiger partial charge in [-0.3, -0.25) is 24.2 Å². The molecule has 2 fully saturated rings. The molecule has 2 aromatic carbocycles. The Morgan fingerprint density at radius 2 is 1.68 bits per heavy atom. The Labute approximate surface area is 205 Å². The predicted molar refractivity (Wildman–Crippen MR) is 129 cm³/mol. The molecule has 2 aromatic rings. The molecule has 0 aromatic heterocycles. The highest BCUT2D eigenvalue weighted by Crippen LogP contribution is 2.43. The summed E-state index contributed by atoms with van der Waals surface area (Å²) in [6.07, 6.45) is -0.150. The lowest BCUT2D eigenvalue weighted by Gasteiger charge is -2.37. The van der Waals surface area contributed by atoms with Crippen LogP contribution in [0.4, 0.5) is 0 Å². The van der Waals surface area contributed by atoms with Crippen LogP contribution in [0.5, 0.6) is 0 Å². The Balaban J connectivity index is 1.49. The van der Waals surface area contributed by atoms with Crippen molar-refractivity contribution in [2.45, 2.75) is 24.8 Å². The zero-order valence-corrected chi connectivity index (χ0v) is 20.2.